The van der Waals surface area contributed by atoms with Crippen LogP contribution in [0.3, 0.4) is 0 Å². The van der Waals surface area contributed by atoms with Crippen molar-refractivity contribution in [2.24, 2.45) is 0 Å². The molecule has 8 nitrogen and oxygen atoms in total. The second-order valence-corrected chi connectivity index (χ2v) is 5.52. The fourth-order valence-corrected chi connectivity index (χ4v) is 2.38. The van der Waals surface area contributed by atoms with Gasteiger partial charge in [0.25, 0.3) is 11.6 Å². The largest absolute Gasteiger partial charge is 0.493 e. The zero-order valence-corrected chi connectivity index (χ0v) is 15.0. The number of hydrogen-bond donors (Lipinski definition) is 1. The van der Waals surface area contributed by atoms with Crippen molar-refractivity contribution in [1.29, 1.82) is 5.26 Å². The zero-order chi connectivity index (χ0) is 20.0. The Hall–Kier alpha value is -3.86. The molecule has 0 bridgehead atoms. The summed E-state index contributed by atoms with van der Waals surface area (Å²) in [7, 11) is 2.74. The Morgan fingerprint density at radius 3 is 2.44 bits per heavy atom. The second-order valence-electron chi connectivity index (χ2n) is 5.52. The number of anilines is 1. The predicted molar refractivity (Wildman–Crippen MR) is 99.6 cm³/mol. The zero-order valence-electron chi connectivity index (χ0n) is 15.0. The highest BCUT2D eigenvalue weighted by Gasteiger charge is 2.20. The molecule has 0 spiro atoms. The van der Waals surface area contributed by atoms with Gasteiger partial charge < -0.3 is 14.8 Å². The molecule has 1 N–H and O–H groups in total. The summed E-state index contributed by atoms with van der Waals surface area (Å²) in [6, 6.07) is 11.3. The van der Waals surface area contributed by atoms with Crippen LogP contribution in [-0.4, -0.2) is 25.1 Å². The molecule has 0 aliphatic heterocycles. The minimum atomic E-state index is -0.674. The lowest BCUT2D eigenvalue weighted by Gasteiger charge is -2.09. The van der Waals surface area contributed by atoms with Crippen molar-refractivity contribution in [3.8, 4) is 17.6 Å². The highest BCUT2D eigenvalue weighted by atomic mass is 16.6. The smallest absolute Gasteiger partial charge is 0.280 e. The van der Waals surface area contributed by atoms with Crippen LogP contribution in [0.25, 0.3) is 6.08 Å². The van der Waals surface area contributed by atoms with Gasteiger partial charge in [-0.2, -0.15) is 5.26 Å². The molecule has 0 aliphatic rings. The van der Waals surface area contributed by atoms with E-state index in [9.17, 15) is 20.2 Å². The molecule has 1 amide bonds. The van der Waals surface area contributed by atoms with E-state index >= 15 is 0 Å². The van der Waals surface area contributed by atoms with E-state index in [-0.39, 0.29) is 28.3 Å². The summed E-state index contributed by atoms with van der Waals surface area (Å²) in [6.45, 7) is 1.86. The minimum Gasteiger partial charge on any atom is -0.493 e. The fraction of sp³-hybridized carbons (Fsp3) is 0.158. The van der Waals surface area contributed by atoms with Gasteiger partial charge in [0.1, 0.15) is 11.6 Å². The Labute approximate surface area is 155 Å². The van der Waals surface area contributed by atoms with Crippen molar-refractivity contribution < 1.29 is 19.2 Å². The topological polar surface area (TPSA) is 114 Å². The number of carbonyl (C=O) groups is 1. The van der Waals surface area contributed by atoms with Crippen LogP contribution < -0.4 is 14.8 Å². The molecule has 2 rings (SSSR count). The molecule has 0 fully saturated rings. The Kier molecular flexibility index (Phi) is 6.12. The first-order chi connectivity index (χ1) is 12.9. The minimum absolute atomic E-state index is 0.0496. The number of benzene rings is 2. The summed E-state index contributed by atoms with van der Waals surface area (Å²) in [5.74, 6) is -0.262. The van der Waals surface area contributed by atoms with Gasteiger partial charge in [-0.15, -0.1) is 0 Å². The highest BCUT2D eigenvalue weighted by molar-refractivity contribution is 6.10. The summed E-state index contributed by atoms with van der Waals surface area (Å²) in [6.07, 6.45) is 1.14. The van der Waals surface area contributed by atoms with E-state index in [0.717, 1.165) is 11.6 Å². The first kappa shape index (κ1) is 19.5. The van der Waals surface area contributed by atoms with Gasteiger partial charge in [-0.05, 0) is 36.8 Å². The molecule has 8 heteroatoms. The third kappa shape index (κ3) is 4.61. The number of nitro groups is 1. The quantitative estimate of drug-likeness (QED) is 0.362. The number of aryl methyl sites for hydroxylation is 1. The summed E-state index contributed by atoms with van der Waals surface area (Å²) in [5, 5.41) is 23.3. The Balaban J connectivity index is 2.45. The molecule has 0 unspecified atom stereocenters. The molecule has 0 atom stereocenters. The van der Waals surface area contributed by atoms with Crippen molar-refractivity contribution in [3.63, 3.8) is 0 Å². The Bertz CT molecular complexity index is 960. The summed E-state index contributed by atoms with van der Waals surface area (Å²) in [5.41, 5.74) is 0.901. The maximum atomic E-state index is 12.4. The molecular weight excluding hydrogens is 350 g/mol. The molecule has 27 heavy (non-hydrogen) atoms. The lowest BCUT2D eigenvalue weighted by molar-refractivity contribution is -0.385. The van der Waals surface area contributed by atoms with Gasteiger partial charge in [0.05, 0.1) is 30.8 Å². The number of methoxy groups -OCH3 is 2. The van der Waals surface area contributed by atoms with E-state index in [2.05, 4.69) is 5.32 Å². The van der Waals surface area contributed by atoms with E-state index in [0.29, 0.717) is 5.69 Å². The van der Waals surface area contributed by atoms with E-state index < -0.39 is 10.8 Å². The molecule has 2 aromatic rings. The number of nitrogens with zero attached hydrogens (tertiary/aromatic N) is 2. The van der Waals surface area contributed by atoms with Crippen LogP contribution in [0.5, 0.6) is 11.5 Å². The van der Waals surface area contributed by atoms with E-state index in [4.69, 9.17) is 9.47 Å². The number of hydrogen-bond acceptors (Lipinski definition) is 6. The fourth-order valence-electron chi connectivity index (χ4n) is 2.38. The second kappa shape index (κ2) is 8.49. The summed E-state index contributed by atoms with van der Waals surface area (Å²) >= 11 is 0. The van der Waals surface area contributed by atoms with Crippen LogP contribution in [0.1, 0.15) is 11.1 Å². The highest BCUT2D eigenvalue weighted by Crippen LogP contribution is 2.35. The number of ether oxygens (including phenoxy) is 2. The van der Waals surface area contributed by atoms with E-state index in [1.165, 1.54) is 26.4 Å². The van der Waals surface area contributed by atoms with Gasteiger partial charge in [-0.25, -0.2) is 0 Å². The lowest BCUT2D eigenvalue weighted by Crippen LogP contribution is -2.13. The Morgan fingerprint density at radius 2 is 1.89 bits per heavy atom. The van der Waals surface area contributed by atoms with Gasteiger partial charge in [0.2, 0.25) is 0 Å². The number of nitriles is 1. The first-order valence-corrected chi connectivity index (χ1v) is 7.79. The van der Waals surface area contributed by atoms with Crippen molar-refractivity contribution in [1.82, 2.24) is 0 Å². The average Bonchev–Trinajstić information content (AvgIpc) is 2.65. The molecular formula is C19H17N3O5. The molecule has 0 radical (unpaired) electrons. The van der Waals surface area contributed by atoms with Gasteiger partial charge in [0, 0.05) is 5.69 Å². The van der Waals surface area contributed by atoms with Crippen molar-refractivity contribution in [3.05, 3.63) is 63.2 Å². The molecule has 0 aliphatic carbocycles. The van der Waals surface area contributed by atoms with E-state index in [1.54, 1.807) is 24.3 Å². The van der Waals surface area contributed by atoms with Crippen LogP contribution >= 0.6 is 0 Å². The van der Waals surface area contributed by atoms with E-state index in [1.807, 2.05) is 13.0 Å². The molecule has 0 saturated heterocycles. The number of nitro benzene ring substituents is 1. The maximum Gasteiger partial charge on any atom is 0.280 e. The van der Waals surface area contributed by atoms with Gasteiger partial charge in [0.15, 0.2) is 11.5 Å². The normalized spacial score (nSPS) is 10.7. The van der Waals surface area contributed by atoms with Crippen LogP contribution in [0.2, 0.25) is 0 Å². The summed E-state index contributed by atoms with van der Waals surface area (Å²) in [4.78, 5) is 23.1. The SMILES string of the molecule is COc1cc(/C=C(/C#N)C(=O)Nc2cccc(C)c2)c([N+](=O)[O-])cc1OC. The van der Waals surface area contributed by atoms with Crippen molar-refractivity contribution >= 4 is 23.4 Å². The number of nitrogens with one attached hydrogen (secondary N) is 1. The Morgan fingerprint density at radius 1 is 1.22 bits per heavy atom. The van der Waals surface area contributed by atoms with Crippen LogP contribution in [0, 0.1) is 28.4 Å². The van der Waals surface area contributed by atoms with Gasteiger partial charge in [-0.3, -0.25) is 14.9 Å². The number of carbonyl (C=O) groups excluding carboxylic acids is 1. The lowest BCUT2D eigenvalue weighted by atomic mass is 10.1. The molecule has 2 aromatic carbocycles. The van der Waals surface area contributed by atoms with Crippen LogP contribution in [-0.2, 0) is 4.79 Å². The molecule has 138 valence electrons. The number of amides is 1. The van der Waals surface area contributed by atoms with Crippen LogP contribution in [0.4, 0.5) is 11.4 Å². The maximum absolute atomic E-state index is 12.4. The molecule has 0 saturated carbocycles. The average molecular weight is 367 g/mol. The standard InChI is InChI=1S/C19H17N3O5/c1-12-5-4-6-15(7-12)21-19(23)14(11-20)8-13-9-17(26-2)18(27-3)10-16(13)22(24)25/h4-10H,1-3H3,(H,21,23)/b14-8-. The van der Waals surface area contributed by atoms with Crippen molar-refractivity contribution in [2.45, 2.75) is 6.92 Å². The summed E-state index contributed by atoms with van der Waals surface area (Å²) < 4.78 is 10.2. The monoisotopic (exact) mass is 367 g/mol. The van der Waals surface area contributed by atoms with Gasteiger partial charge in [-0.1, -0.05) is 12.1 Å². The molecule has 0 heterocycles. The predicted octanol–water partition coefficient (Wildman–Crippen LogP) is 3.47. The first-order valence-electron chi connectivity index (χ1n) is 7.79. The number of rotatable bonds is 6. The van der Waals surface area contributed by atoms with Gasteiger partial charge >= 0.3 is 0 Å². The van der Waals surface area contributed by atoms with Crippen molar-refractivity contribution in [2.75, 3.05) is 19.5 Å². The third-order valence-corrected chi connectivity index (χ3v) is 3.67. The molecule has 0 aromatic heterocycles. The van der Waals surface area contributed by atoms with Crippen LogP contribution in [0.15, 0.2) is 42.0 Å². The third-order valence-electron chi connectivity index (χ3n) is 3.67.